The van der Waals surface area contributed by atoms with Crippen LogP contribution in [0.5, 0.6) is 5.75 Å². The number of carbonyl (C=O) groups excluding carboxylic acids is 1. The van der Waals surface area contributed by atoms with Crippen LogP contribution in [0.3, 0.4) is 0 Å². The minimum Gasteiger partial charge on any atom is -0.508 e. The standard InChI is InChI=1S/C14H20N2O.C14H15NO.C4H8.C2H2/c1-11(2)12-5-7-13(8-6-12)15-14(17)16-9-3-4-10-16;1-10-9-13(16)7-8-14(10)11-3-5-12(15-2)6-4-11;1-2-4-3-1;1-2/h5-8,11H,3-4,9-10H2,1-2H3,(H,15,17);3-9,15-16H,1-2H3;1-4H2;1-2H. The Morgan fingerprint density at radius 3 is 1.82 bits per heavy atom. The smallest absolute Gasteiger partial charge is 0.321 e. The molecule has 208 valence electrons. The van der Waals surface area contributed by atoms with Crippen molar-refractivity contribution in [3.8, 4) is 29.7 Å². The van der Waals surface area contributed by atoms with E-state index in [1.54, 1.807) is 12.1 Å². The topological polar surface area (TPSA) is 64.6 Å². The second-order valence-corrected chi connectivity index (χ2v) is 10.1. The van der Waals surface area contributed by atoms with Gasteiger partial charge in [-0.2, -0.15) is 0 Å². The number of nitrogens with one attached hydrogen (secondary N) is 2. The van der Waals surface area contributed by atoms with E-state index in [-0.39, 0.29) is 6.03 Å². The van der Waals surface area contributed by atoms with E-state index < -0.39 is 0 Å². The van der Waals surface area contributed by atoms with Crippen molar-refractivity contribution in [2.45, 2.75) is 65.2 Å². The maximum atomic E-state index is 11.8. The normalized spacial score (nSPS) is 13.4. The molecule has 2 aliphatic rings. The SMILES string of the molecule is C#C.C1CCC1.CC(C)c1ccc(NC(=O)N2CCCC2)cc1.CNc1ccc(-c2ccc(O)cc2C)cc1. The van der Waals surface area contributed by atoms with Crippen LogP contribution in [-0.4, -0.2) is 36.2 Å². The number of hydrogen-bond acceptors (Lipinski definition) is 3. The lowest BCUT2D eigenvalue weighted by Gasteiger charge is -2.16. The van der Waals surface area contributed by atoms with Crippen LogP contribution in [0.4, 0.5) is 16.2 Å². The molecule has 5 nitrogen and oxygen atoms in total. The number of rotatable bonds is 4. The summed E-state index contributed by atoms with van der Waals surface area (Å²) >= 11 is 0. The van der Waals surface area contributed by atoms with Crippen LogP contribution in [-0.2, 0) is 0 Å². The van der Waals surface area contributed by atoms with Gasteiger partial charge in [-0.25, -0.2) is 4.79 Å². The highest BCUT2D eigenvalue weighted by Crippen LogP contribution is 2.27. The van der Waals surface area contributed by atoms with Crippen LogP contribution >= 0.6 is 0 Å². The number of anilines is 2. The van der Waals surface area contributed by atoms with E-state index in [9.17, 15) is 9.90 Å². The third kappa shape index (κ3) is 10.4. The molecule has 3 N–H and O–H groups in total. The van der Waals surface area contributed by atoms with Crippen molar-refractivity contribution < 1.29 is 9.90 Å². The Morgan fingerprint density at radius 2 is 1.36 bits per heavy atom. The first-order valence-corrected chi connectivity index (χ1v) is 13.9. The van der Waals surface area contributed by atoms with Crippen LogP contribution in [0, 0.1) is 19.8 Å². The molecule has 1 aliphatic carbocycles. The number of terminal acetylenes is 1. The van der Waals surface area contributed by atoms with Crippen LogP contribution in [0.15, 0.2) is 66.7 Å². The number of benzene rings is 3. The minimum atomic E-state index is 0.0276. The van der Waals surface area contributed by atoms with E-state index in [0.717, 1.165) is 54.0 Å². The van der Waals surface area contributed by atoms with Gasteiger partial charge in [0.05, 0.1) is 0 Å². The average molecular weight is 528 g/mol. The number of phenols is 1. The molecule has 1 aliphatic heterocycles. The van der Waals surface area contributed by atoms with Gasteiger partial charge in [0.25, 0.3) is 0 Å². The molecule has 0 atom stereocenters. The first-order valence-electron chi connectivity index (χ1n) is 13.9. The fourth-order valence-electron chi connectivity index (χ4n) is 4.11. The molecule has 1 heterocycles. The molecule has 5 rings (SSSR count). The summed E-state index contributed by atoms with van der Waals surface area (Å²) in [6, 6.07) is 21.8. The van der Waals surface area contributed by atoms with E-state index in [2.05, 4.69) is 61.6 Å². The van der Waals surface area contributed by atoms with Crippen molar-refractivity contribution in [2.75, 3.05) is 30.8 Å². The fraction of sp³-hybridized carbons (Fsp3) is 0.382. The van der Waals surface area contributed by atoms with Gasteiger partial charge in [0, 0.05) is 31.5 Å². The molecular weight excluding hydrogens is 482 g/mol. The van der Waals surface area contributed by atoms with Crippen LogP contribution < -0.4 is 10.6 Å². The lowest BCUT2D eigenvalue weighted by molar-refractivity contribution is 0.222. The third-order valence-electron chi connectivity index (χ3n) is 6.92. The summed E-state index contributed by atoms with van der Waals surface area (Å²) in [4.78, 5) is 13.7. The minimum absolute atomic E-state index is 0.0276. The van der Waals surface area contributed by atoms with Gasteiger partial charge in [0.2, 0.25) is 0 Å². The second-order valence-electron chi connectivity index (χ2n) is 10.1. The summed E-state index contributed by atoms with van der Waals surface area (Å²) in [6.07, 6.45) is 16.2. The van der Waals surface area contributed by atoms with Crippen molar-refractivity contribution in [2.24, 2.45) is 0 Å². The molecule has 2 fully saturated rings. The third-order valence-corrected chi connectivity index (χ3v) is 6.92. The van der Waals surface area contributed by atoms with Crippen molar-refractivity contribution in [3.05, 3.63) is 77.9 Å². The number of nitrogens with zero attached hydrogens (tertiary/aromatic N) is 1. The van der Waals surface area contributed by atoms with Gasteiger partial charge in [0.1, 0.15) is 5.75 Å². The van der Waals surface area contributed by atoms with Gasteiger partial charge in [-0.3, -0.25) is 0 Å². The molecule has 0 unspecified atom stereocenters. The Kier molecular flexibility index (Phi) is 13.5. The van der Waals surface area contributed by atoms with Gasteiger partial charge in [-0.1, -0.05) is 69.9 Å². The monoisotopic (exact) mass is 527 g/mol. The van der Waals surface area contributed by atoms with Crippen molar-refractivity contribution in [1.82, 2.24) is 4.90 Å². The number of aromatic hydroxyl groups is 1. The number of amides is 2. The first kappa shape index (κ1) is 31.3. The maximum absolute atomic E-state index is 11.8. The molecule has 2 amide bonds. The maximum Gasteiger partial charge on any atom is 0.321 e. The number of hydrogen-bond donors (Lipinski definition) is 3. The molecule has 1 saturated heterocycles. The molecule has 3 aromatic carbocycles. The molecular formula is C34H45N3O2. The van der Waals surface area contributed by atoms with Gasteiger partial charge in [0.15, 0.2) is 0 Å². The van der Waals surface area contributed by atoms with Crippen LogP contribution in [0.25, 0.3) is 11.1 Å². The molecule has 3 aromatic rings. The zero-order valence-corrected chi connectivity index (χ0v) is 24.0. The highest BCUT2D eigenvalue weighted by Gasteiger charge is 2.17. The summed E-state index contributed by atoms with van der Waals surface area (Å²) in [5.41, 5.74) is 6.67. The lowest BCUT2D eigenvalue weighted by atomic mass is 10.0. The Hall–Kier alpha value is -3.91. The van der Waals surface area contributed by atoms with Crippen molar-refractivity contribution >= 4 is 17.4 Å². The zero-order valence-electron chi connectivity index (χ0n) is 24.0. The van der Waals surface area contributed by atoms with E-state index in [1.165, 1.54) is 31.2 Å². The Balaban J connectivity index is 0.000000226. The highest BCUT2D eigenvalue weighted by atomic mass is 16.3. The zero-order chi connectivity index (χ0) is 28.6. The van der Waals surface area contributed by atoms with Crippen LogP contribution in [0.1, 0.15) is 69.4 Å². The van der Waals surface area contributed by atoms with E-state index in [1.807, 2.05) is 49.2 Å². The van der Waals surface area contributed by atoms with Gasteiger partial charge in [-0.15, -0.1) is 12.8 Å². The second kappa shape index (κ2) is 16.8. The average Bonchev–Trinajstić information content (AvgIpc) is 3.45. The van der Waals surface area contributed by atoms with E-state index in [4.69, 9.17) is 0 Å². The van der Waals surface area contributed by atoms with Crippen molar-refractivity contribution in [1.29, 1.82) is 0 Å². The van der Waals surface area contributed by atoms with Crippen molar-refractivity contribution in [3.63, 3.8) is 0 Å². The summed E-state index contributed by atoms with van der Waals surface area (Å²) in [5, 5.41) is 15.4. The molecule has 0 bridgehead atoms. The quantitative estimate of drug-likeness (QED) is 0.297. The molecule has 0 spiro atoms. The lowest BCUT2D eigenvalue weighted by Crippen LogP contribution is -2.32. The highest BCUT2D eigenvalue weighted by molar-refractivity contribution is 5.89. The first-order chi connectivity index (χ1) is 18.9. The molecule has 1 saturated carbocycles. The molecule has 5 heteroatoms. The van der Waals surface area contributed by atoms with E-state index >= 15 is 0 Å². The van der Waals surface area contributed by atoms with E-state index in [0.29, 0.717) is 11.7 Å². The Morgan fingerprint density at radius 1 is 0.821 bits per heavy atom. The largest absolute Gasteiger partial charge is 0.508 e. The fourth-order valence-corrected chi connectivity index (χ4v) is 4.11. The summed E-state index contributed by atoms with van der Waals surface area (Å²) in [5.74, 6) is 0.839. The summed E-state index contributed by atoms with van der Waals surface area (Å²) in [7, 11) is 1.90. The number of carbonyl (C=O) groups is 1. The summed E-state index contributed by atoms with van der Waals surface area (Å²) in [6.45, 7) is 8.10. The van der Waals surface area contributed by atoms with Gasteiger partial charge >= 0.3 is 6.03 Å². The Bertz CT molecular complexity index is 1140. The predicted octanol–water partition coefficient (Wildman–Crippen LogP) is 8.66. The number of likely N-dealkylation sites (tertiary alicyclic amines) is 1. The predicted molar refractivity (Wildman–Crippen MR) is 167 cm³/mol. The Labute approximate surface area is 235 Å². The number of aryl methyl sites for hydroxylation is 1. The number of phenolic OH excluding ortho intramolecular Hbond substituents is 1. The van der Waals surface area contributed by atoms with Gasteiger partial charge < -0.3 is 20.6 Å². The molecule has 39 heavy (non-hydrogen) atoms. The summed E-state index contributed by atoms with van der Waals surface area (Å²) < 4.78 is 0. The molecule has 0 radical (unpaired) electrons. The number of urea groups is 1. The van der Waals surface area contributed by atoms with Gasteiger partial charge in [-0.05, 0) is 84.3 Å². The van der Waals surface area contributed by atoms with Crippen LogP contribution in [0.2, 0.25) is 0 Å². The molecule has 0 aromatic heterocycles.